The monoisotopic (exact) mass is 399 g/mol. The van der Waals surface area contributed by atoms with Gasteiger partial charge in [-0.1, -0.05) is 42.5 Å². The summed E-state index contributed by atoms with van der Waals surface area (Å²) < 4.78 is 5.55. The standard InChI is InChI=1S/C22H25NO4S/c1-16(21(25)26)28-19-10-6-5-9-18(19)20(24)23-15-22(11-13-27-14-12-22)17-7-3-2-4-8-17/h2-10,16H,11-15H2,1H3,(H,23,24)(H,25,26). The minimum absolute atomic E-state index is 0.147. The molecule has 0 bridgehead atoms. The van der Waals surface area contributed by atoms with Crippen LogP contribution in [-0.2, 0) is 14.9 Å². The fourth-order valence-corrected chi connectivity index (χ4v) is 4.39. The molecule has 1 heterocycles. The van der Waals surface area contributed by atoms with Gasteiger partial charge in [0.15, 0.2) is 0 Å². The van der Waals surface area contributed by atoms with Gasteiger partial charge in [-0.3, -0.25) is 9.59 Å². The normalized spacial score (nSPS) is 16.9. The summed E-state index contributed by atoms with van der Waals surface area (Å²) in [5.41, 5.74) is 1.57. The molecule has 0 aliphatic carbocycles. The van der Waals surface area contributed by atoms with Crippen LogP contribution in [0.1, 0.15) is 35.7 Å². The summed E-state index contributed by atoms with van der Waals surface area (Å²) in [5.74, 6) is -1.08. The second-order valence-electron chi connectivity index (χ2n) is 7.04. The van der Waals surface area contributed by atoms with Gasteiger partial charge in [-0.2, -0.15) is 0 Å². The first-order valence-electron chi connectivity index (χ1n) is 9.42. The van der Waals surface area contributed by atoms with Crippen molar-refractivity contribution in [1.29, 1.82) is 0 Å². The third-order valence-electron chi connectivity index (χ3n) is 5.21. The number of carbonyl (C=O) groups is 2. The van der Waals surface area contributed by atoms with Gasteiger partial charge in [0.05, 0.1) is 5.56 Å². The molecule has 1 atom stereocenters. The highest BCUT2D eigenvalue weighted by molar-refractivity contribution is 8.00. The number of thioether (sulfide) groups is 1. The maximum Gasteiger partial charge on any atom is 0.316 e. The molecule has 3 rings (SSSR count). The lowest BCUT2D eigenvalue weighted by molar-refractivity contribution is -0.136. The van der Waals surface area contributed by atoms with E-state index in [1.54, 1.807) is 25.1 Å². The highest BCUT2D eigenvalue weighted by Gasteiger charge is 2.35. The molecule has 148 valence electrons. The van der Waals surface area contributed by atoms with Crippen molar-refractivity contribution in [1.82, 2.24) is 5.32 Å². The number of aliphatic carboxylic acids is 1. The lowest BCUT2D eigenvalue weighted by atomic mass is 9.74. The molecule has 1 aliphatic rings. The highest BCUT2D eigenvalue weighted by atomic mass is 32.2. The number of carboxylic acids is 1. The van der Waals surface area contributed by atoms with Gasteiger partial charge in [-0.15, -0.1) is 11.8 Å². The molecule has 2 aromatic carbocycles. The van der Waals surface area contributed by atoms with Gasteiger partial charge in [-0.05, 0) is 37.5 Å². The van der Waals surface area contributed by atoms with Gasteiger partial charge in [0, 0.05) is 30.1 Å². The van der Waals surface area contributed by atoms with E-state index in [0.717, 1.165) is 12.8 Å². The first-order chi connectivity index (χ1) is 13.5. The van der Waals surface area contributed by atoms with Gasteiger partial charge in [-0.25, -0.2) is 0 Å². The number of carbonyl (C=O) groups excluding carboxylic acids is 1. The molecule has 28 heavy (non-hydrogen) atoms. The van der Waals surface area contributed by atoms with Crippen molar-refractivity contribution in [3.63, 3.8) is 0 Å². The molecular formula is C22H25NO4S. The largest absolute Gasteiger partial charge is 0.480 e. The lowest BCUT2D eigenvalue weighted by Gasteiger charge is -2.38. The summed E-state index contributed by atoms with van der Waals surface area (Å²) in [6, 6.07) is 17.4. The predicted molar refractivity (Wildman–Crippen MR) is 110 cm³/mol. The summed E-state index contributed by atoms with van der Waals surface area (Å²) in [6.45, 7) is 3.49. The van der Waals surface area contributed by atoms with Gasteiger partial charge in [0.25, 0.3) is 5.91 Å². The number of nitrogens with one attached hydrogen (secondary N) is 1. The Morgan fingerprint density at radius 3 is 2.43 bits per heavy atom. The molecule has 0 radical (unpaired) electrons. The summed E-state index contributed by atoms with van der Waals surface area (Å²) in [4.78, 5) is 24.8. The topological polar surface area (TPSA) is 75.6 Å². The molecule has 0 spiro atoms. The van der Waals surface area contributed by atoms with Gasteiger partial charge in [0.2, 0.25) is 0 Å². The summed E-state index contributed by atoms with van der Waals surface area (Å²) in [5, 5.41) is 11.6. The number of benzene rings is 2. The molecule has 5 nitrogen and oxygen atoms in total. The number of rotatable bonds is 7. The number of amides is 1. The molecule has 6 heteroatoms. The van der Waals surface area contributed by atoms with E-state index in [2.05, 4.69) is 17.4 Å². The maximum atomic E-state index is 12.9. The fourth-order valence-electron chi connectivity index (χ4n) is 3.46. The van der Waals surface area contributed by atoms with E-state index in [9.17, 15) is 14.7 Å². The van der Waals surface area contributed by atoms with Crippen LogP contribution in [0.3, 0.4) is 0 Å². The molecule has 1 saturated heterocycles. The number of hydrogen-bond acceptors (Lipinski definition) is 4. The average Bonchev–Trinajstić information content (AvgIpc) is 2.73. The molecule has 0 saturated carbocycles. The fraction of sp³-hybridized carbons (Fsp3) is 0.364. The lowest BCUT2D eigenvalue weighted by Crippen LogP contribution is -2.44. The van der Waals surface area contributed by atoms with E-state index in [-0.39, 0.29) is 11.3 Å². The third-order valence-corrected chi connectivity index (χ3v) is 6.37. The zero-order chi connectivity index (χ0) is 20.0. The Bertz CT molecular complexity index is 818. The third kappa shape index (κ3) is 4.75. The summed E-state index contributed by atoms with van der Waals surface area (Å²) in [7, 11) is 0. The van der Waals surface area contributed by atoms with Crippen molar-refractivity contribution >= 4 is 23.6 Å². The van der Waals surface area contributed by atoms with E-state index in [1.165, 1.54) is 17.3 Å². The molecule has 2 aromatic rings. The molecule has 2 N–H and O–H groups in total. The van der Waals surface area contributed by atoms with Crippen molar-refractivity contribution in [2.24, 2.45) is 0 Å². The summed E-state index contributed by atoms with van der Waals surface area (Å²) >= 11 is 1.18. The van der Waals surface area contributed by atoms with Crippen LogP contribution in [0, 0.1) is 0 Å². The first kappa shape index (κ1) is 20.4. The number of ether oxygens (including phenoxy) is 1. The molecule has 1 unspecified atom stereocenters. The van der Waals surface area contributed by atoms with Gasteiger partial charge >= 0.3 is 5.97 Å². The Labute approximate surface area is 169 Å². The summed E-state index contributed by atoms with van der Waals surface area (Å²) in [6.07, 6.45) is 1.70. The van der Waals surface area contributed by atoms with Crippen LogP contribution in [0.15, 0.2) is 59.5 Å². The zero-order valence-corrected chi connectivity index (χ0v) is 16.7. The average molecular weight is 400 g/mol. The van der Waals surface area contributed by atoms with E-state index in [0.29, 0.717) is 30.2 Å². The van der Waals surface area contributed by atoms with E-state index in [1.807, 2.05) is 24.3 Å². The Balaban J connectivity index is 1.76. The number of hydrogen-bond donors (Lipinski definition) is 2. The Hall–Kier alpha value is -2.31. The van der Waals surface area contributed by atoms with Crippen LogP contribution in [0.2, 0.25) is 0 Å². The maximum absolute atomic E-state index is 12.9. The molecule has 0 aromatic heterocycles. The van der Waals surface area contributed by atoms with E-state index in [4.69, 9.17) is 4.74 Å². The van der Waals surface area contributed by atoms with Crippen LogP contribution in [0.5, 0.6) is 0 Å². The van der Waals surface area contributed by atoms with Crippen LogP contribution < -0.4 is 5.32 Å². The zero-order valence-electron chi connectivity index (χ0n) is 15.9. The van der Waals surface area contributed by atoms with Crippen LogP contribution in [-0.4, -0.2) is 42.0 Å². The van der Waals surface area contributed by atoms with Crippen molar-refractivity contribution in [3.05, 3.63) is 65.7 Å². The second kappa shape index (κ2) is 9.26. The molecular weight excluding hydrogens is 374 g/mol. The van der Waals surface area contributed by atoms with Crippen LogP contribution >= 0.6 is 11.8 Å². The Morgan fingerprint density at radius 2 is 1.75 bits per heavy atom. The molecule has 1 aliphatic heterocycles. The quantitative estimate of drug-likeness (QED) is 0.694. The van der Waals surface area contributed by atoms with Crippen LogP contribution in [0.4, 0.5) is 0 Å². The van der Waals surface area contributed by atoms with Crippen LogP contribution in [0.25, 0.3) is 0 Å². The second-order valence-corrected chi connectivity index (χ2v) is 8.42. The molecule has 1 amide bonds. The first-order valence-corrected chi connectivity index (χ1v) is 10.3. The Morgan fingerprint density at radius 1 is 1.11 bits per heavy atom. The van der Waals surface area contributed by atoms with E-state index < -0.39 is 11.2 Å². The van der Waals surface area contributed by atoms with Crippen molar-refractivity contribution < 1.29 is 19.4 Å². The highest BCUT2D eigenvalue weighted by Crippen LogP contribution is 2.34. The van der Waals surface area contributed by atoms with E-state index >= 15 is 0 Å². The smallest absolute Gasteiger partial charge is 0.316 e. The van der Waals surface area contributed by atoms with Crippen molar-refractivity contribution in [2.45, 2.75) is 35.3 Å². The van der Waals surface area contributed by atoms with Crippen molar-refractivity contribution in [2.75, 3.05) is 19.8 Å². The minimum atomic E-state index is -0.898. The minimum Gasteiger partial charge on any atom is -0.480 e. The Kier molecular flexibility index (Phi) is 6.75. The SMILES string of the molecule is CC(Sc1ccccc1C(=O)NCC1(c2ccccc2)CCOCC1)C(=O)O. The molecule has 1 fully saturated rings. The van der Waals surface area contributed by atoms with Gasteiger partial charge in [0.1, 0.15) is 5.25 Å². The van der Waals surface area contributed by atoms with Gasteiger partial charge < -0.3 is 15.2 Å². The predicted octanol–water partition coefficient (Wildman–Crippen LogP) is 3.73. The van der Waals surface area contributed by atoms with Crippen molar-refractivity contribution in [3.8, 4) is 0 Å². The number of carboxylic acid groups (broad SMARTS) is 1.